The molecule has 0 heterocycles. The molecule has 0 fully saturated rings. The minimum atomic E-state index is -4.42. The molecule has 0 spiro atoms. The predicted molar refractivity (Wildman–Crippen MR) is 61.2 cm³/mol. The van der Waals surface area contributed by atoms with Crippen molar-refractivity contribution < 1.29 is 27.5 Å². The standard InChI is InChI=1S/C12H14F3NO3/c1-18-11(17)10(9-5-3-2-4-6-9)7-16-19-8-12(13,14)15/h2-6,10,16H,7-8H2,1H3. The van der Waals surface area contributed by atoms with E-state index in [1.165, 1.54) is 7.11 Å². The second-order valence-electron chi connectivity index (χ2n) is 3.74. The second-order valence-corrected chi connectivity index (χ2v) is 3.74. The molecule has 0 radical (unpaired) electrons. The summed E-state index contributed by atoms with van der Waals surface area (Å²) in [5.41, 5.74) is 2.77. The number of alkyl halides is 3. The largest absolute Gasteiger partial charge is 0.469 e. The number of nitrogens with one attached hydrogen (secondary N) is 1. The van der Waals surface area contributed by atoms with Crippen molar-refractivity contribution in [3.05, 3.63) is 35.9 Å². The molecule has 0 aliphatic carbocycles. The molecule has 106 valence electrons. The van der Waals surface area contributed by atoms with Crippen LogP contribution in [0.3, 0.4) is 0 Å². The first kappa shape index (κ1) is 15.5. The van der Waals surface area contributed by atoms with Crippen LogP contribution < -0.4 is 5.48 Å². The number of hydroxylamine groups is 1. The molecule has 0 amide bonds. The zero-order valence-electron chi connectivity index (χ0n) is 10.2. The van der Waals surface area contributed by atoms with Crippen molar-refractivity contribution in [1.82, 2.24) is 5.48 Å². The number of hydrogen-bond acceptors (Lipinski definition) is 4. The van der Waals surface area contributed by atoms with Crippen LogP contribution in [0.1, 0.15) is 11.5 Å². The molecule has 0 bridgehead atoms. The van der Waals surface area contributed by atoms with E-state index in [-0.39, 0.29) is 6.54 Å². The molecular formula is C12H14F3NO3. The molecule has 1 unspecified atom stereocenters. The molecular weight excluding hydrogens is 263 g/mol. The Balaban J connectivity index is 2.55. The van der Waals surface area contributed by atoms with Crippen molar-refractivity contribution in [2.45, 2.75) is 12.1 Å². The molecule has 0 saturated carbocycles. The van der Waals surface area contributed by atoms with Gasteiger partial charge in [-0.25, -0.2) is 5.48 Å². The lowest BCUT2D eigenvalue weighted by molar-refractivity contribution is -0.190. The fraction of sp³-hybridized carbons (Fsp3) is 0.417. The van der Waals surface area contributed by atoms with Crippen molar-refractivity contribution in [2.24, 2.45) is 0 Å². The van der Waals surface area contributed by atoms with Crippen LogP contribution in [-0.2, 0) is 14.4 Å². The molecule has 0 aliphatic heterocycles. The van der Waals surface area contributed by atoms with Crippen LogP contribution in [0, 0.1) is 0 Å². The SMILES string of the molecule is COC(=O)C(CNOCC(F)(F)F)c1ccccc1. The van der Waals surface area contributed by atoms with Crippen LogP contribution in [0.5, 0.6) is 0 Å². The first-order valence-corrected chi connectivity index (χ1v) is 5.48. The summed E-state index contributed by atoms with van der Waals surface area (Å²) in [7, 11) is 1.22. The second kappa shape index (κ2) is 7.10. The first-order chi connectivity index (χ1) is 8.94. The maximum Gasteiger partial charge on any atom is 0.413 e. The predicted octanol–water partition coefficient (Wildman–Crippen LogP) is 2.03. The van der Waals surface area contributed by atoms with Crippen LogP contribution in [0.4, 0.5) is 13.2 Å². The molecule has 1 atom stereocenters. The Morgan fingerprint density at radius 3 is 2.47 bits per heavy atom. The number of benzene rings is 1. The smallest absolute Gasteiger partial charge is 0.413 e. The Labute approximate surface area is 108 Å². The van der Waals surface area contributed by atoms with Gasteiger partial charge in [-0.1, -0.05) is 30.3 Å². The highest BCUT2D eigenvalue weighted by atomic mass is 19.4. The number of carbonyl (C=O) groups is 1. The van der Waals surface area contributed by atoms with Crippen LogP contribution in [0.25, 0.3) is 0 Å². The molecule has 0 aliphatic rings. The van der Waals surface area contributed by atoms with E-state index in [1.807, 2.05) is 0 Å². The van der Waals surface area contributed by atoms with Crippen molar-refractivity contribution in [2.75, 3.05) is 20.3 Å². The van der Waals surface area contributed by atoms with E-state index in [1.54, 1.807) is 30.3 Å². The highest BCUT2D eigenvalue weighted by Gasteiger charge is 2.28. The summed E-state index contributed by atoms with van der Waals surface area (Å²) in [5.74, 6) is -1.27. The van der Waals surface area contributed by atoms with Crippen LogP contribution >= 0.6 is 0 Å². The van der Waals surface area contributed by atoms with Crippen molar-refractivity contribution >= 4 is 5.97 Å². The van der Waals surface area contributed by atoms with Gasteiger partial charge in [0.25, 0.3) is 0 Å². The third kappa shape index (κ3) is 5.71. The average molecular weight is 277 g/mol. The molecule has 0 saturated heterocycles. The van der Waals surface area contributed by atoms with Gasteiger partial charge in [-0.3, -0.25) is 9.63 Å². The summed E-state index contributed by atoms with van der Waals surface area (Å²) in [4.78, 5) is 15.8. The van der Waals surface area contributed by atoms with Crippen molar-refractivity contribution in [3.63, 3.8) is 0 Å². The van der Waals surface area contributed by atoms with Gasteiger partial charge in [0.15, 0.2) is 6.61 Å². The molecule has 4 nitrogen and oxygen atoms in total. The van der Waals surface area contributed by atoms with Gasteiger partial charge in [-0.15, -0.1) is 0 Å². The molecule has 7 heteroatoms. The van der Waals surface area contributed by atoms with E-state index < -0.39 is 24.7 Å². The van der Waals surface area contributed by atoms with E-state index >= 15 is 0 Å². The Morgan fingerprint density at radius 2 is 1.95 bits per heavy atom. The third-order valence-electron chi connectivity index (χ3n) is 2.31. The summed E-state index contributed by atoms with van der Waals surface area (Å²) in [6.45, 7) is -1.53. The van der Waals surface area contributed by atoms with E-state index in [4.69, 9.17) is 0 Å². The Morgan fingerprint density at radius 1 is 1.32 bits per heavy atom. The molecule has 0 aromatic heterocycles. The quantitative estimate of drug-likeness (QED) is 0.491. The minimum absolute atomic E-state index is 0.104. The lowest BCUT2D eigenvalue weighted by Crippen LogP contribution is -2.31. The van der Waals surface area contributed by atoms with Gasteiger partial charge in [-0.2, -0.15) is 13.2 Å². The molecule has 1 aromatic rings. The molecule has 1 aromatic carbocycles. The van der Waals surface area contributed by atoms with Crippen LogP contribution in [0.15, 0.2) is 30.3 Å². The summed E-state index contributed by atoms with van der Waals surface area (Å²) in [6.07, 6.45) is -4.42. The fourth-order valence-corrected chi connectivity index (χ4v) is 1.44. The monoisotopic (exact) mass is 277 g/mol. The number of carbonyl (C=O) groups excluding carboxylic acids is 1. The van der Waals surface area contributed by atoms with Gasteiger partial charge in [0, 0.05) is 6.54 Å². The Kier molecular flexibility index (Phi) is 5.78. The summed E-state index contributed by atoms with van der Waals surface area (Å²) >= 11 is 0. The summed E-state index contributed by atoms with van der Waals surface area (Å²) < 4.78 is 40.2. The van der Waals surface area contributed by atoms with E-state index in [0.717, 1.165) is 0 Å². The minimum Gasteiger partial charge on any atom is -0.469 e. The Hall–Kier alpha value is -1.60. The fourth-order valence-electron chi connectivity index (χ4n) is 1.44. The number of methoxy groups -OCH3 is 1. The highest BCUT2D eigenvalue weighted by Crippen LogP contribution is 2.17. The average Bonchev–Trinajstić information content (AvgIpc) is 2.38. The molecule has 1 N–H and O–H groups in total. The Bertz CT molecular complexity index is 395. The third-order valence-corrected chi connectivity index (χ3v) is 2.31. The number of esters is 1. The van der Waals surface area contributed by atoms with Gasteiger partial charge in [0.2, 0.25) is 0 Å². The van der Waals surface area contributed by atoms with E-state index in [0.29, 0.717) is 5.56 Å². The number of ether oxygens (including phenoxy) is 1. The summed E-state index contributed by atoms with van der Waals surface area (Å²) in [6, 6.07) is 8.59. The highest BCUT2D eigenvalue weighted by molar-refractivity contribution is 5.78. The van der Waals surface area contributed by atoms with Crippen molar-refractivity contribution in [1.29, 1.82) is 0 Å². The zero-order valence-corrected chi connectivity index (χ0v) is 10.2. The zero-order chi connectivity index (χ0) is 14.3. The maximum atomic E-state index is 11.9. The van der Waals surface area contributed by atoms with Gasteiger partial charge in [0.1, 0.15) is 0 Å². The van der Waals surface area contributed by atoms with Crippen LogP contribution in [-0.4, -0.2) is 32.4 Å². The molecule has 1 rings (SSSR count). The topological polar surface area (TPSA) is 47.6 Å². The van der Waals surface area contributed by atoms with Gasteiger partial charge in [0.05, 0.1) is 13.0 Å². The van der Waals surface area contributed by atoms with Gasteiger partial charge in [-0.05, 0) is 5.56 Å². The summed E-state index contributed by atoms with van der Waals surface area (Å²) in [5, 5.41) is 0. The van der Waals surface area contributed by atoms with Crippen LogP contribution in [0.2, 0.25) is 0 Å². The van der Waals surface area contributed by atoms with E-state index in [2.05, 4.69) is 15.1 Å². The lowest BCUT2D eigenvalue weighted by atomic mass is 10.00. The normalized spacial score (nSPS) is 13.1. The molecule has 19 heavy (non-hydrogen) atoms. The maximum absolute atomic E-state index is 11.9. The van der Waals surface area contributed by atoms with Gasteiger partial charge < -0.3 is 4.74 Å². The van der Waals surface area contributed by atoms with Gasteiger partial charge >= 0.3 is 12.1 Å². The number of hydrogen-bond donors (Lipinski definition) is 1. The van der Waals surface area contributed by atoms with E-state index in [9.17, 15) is 18.0 Å². The number of rotatable bonds is 6. The lowest BCUT2D eigenvalue weighted by Gasteiger charge is -2.16. The van der Waals surface area contributed by atoms with Crippen molar-refractivity contribution in [3.8, 4) is 0 Å². The number of halogens is 3. The first-order valence-electron chi connectivity index (χ1n) is 5.48.